The maximum atomic E-state index is 12.2. The lowest BCUT2D eigenvalue weighted by Gasteiger charge is -2.26. The molecule has 0 radical (unpaired) electrons. The van der Waals surface area contributed by atoms with Gasteiger partial charge in [-0.3, -0.25) is 9.48 Å². The van der Waals surface area contributed by atoms with E-state index in [0.29, 0.717) is 19.6 Å². The van der Waals surface area contributed by atoms with Crippen LogP contribution in [0.25, 0.3) is 6.08 Å². The van der Waals surface area contributed by atoms with Gasteiger partial charge >= 0.3 is 0 Å². The lowest BCUT2D eigenvalue weighted by Crippen LogP contribution is -2.37. The van der Waals surface area contributed by atoms with Crippen LogP contribution >= 0.6 is 0 Å². The number of carbonyl (C=O) groups is 1. The van der Waals surface area contributed by atoms with Gasteiger partial charge < -0.3 is 15.0 Å². The molecule has 1 amide bonds. The fourth-order valence-corrected chi connectivity index (χ4v) is 3.66. The lowest BCUT2D eigenvalue weighted by molar-refractivity contribution is -0.127. The summed E-state index contributed by atoms with van der Waals surface area (Å²) in [6, 6.07) is 10.1. The first kappa shape index (κ1) is 15.9. The molecule has 1 saturated heterocycles. The Labute approximate surface area is 147 Å². The largest absolute Gasteiger partial charge is 0.489 e. The molecule has 1 fully saturated rings. The van der Waals surface area contributed by atoms with Gasteiger partial charge in [0.15, 0.2) is 0 Å². The molecular weight excluding hydrogens is 316 g/mol. The number of rotatable bonds is 4. The van der Waals surface area contributed by atoms with Crippen LogP contribution in [0, 0.1) is 0 Å². The molecule has 2 aromatic rings. The van der Waals surface area contributed by atoms with Gasteiger partial charge in [-0.15, -0.1) is 0 Å². The molecule has 1 N–H and O–H groups in total. The van der Waals surface area contributed by atoms with Gasteiger partial charge in [0.25, 0.3) is 0 Å². The van der Waals surface area contributed by atoms with Crippen LogP contribution in [0.15, 0.2) is 42.1 Å². The van der Waals surface area contributed by atoms with Crippen LogP contribution in [0.2, 0.25) is 0 Å². The second-order valence-corrected chi connectivity index (χ2v) is 6.65. The molecular formula is C19H22N4O2. The van der Waals surface area contributed by atoms with Crippen molar-refractivity contribution in [2.24, 2.45) is 7.05 Å². The zero-order valence-corrected chi connectivity index (χ0v) is 14.5. The van der Waals surface area contributed by atoms with Crippen molar-refractivity contribution in [1.82, 2.24) is 20.0 Å². The van der Waals surface area contributed by atoms with Gasteiger partial charge in [0.05, 0.1) is 11.7 Å². The van der Waals surface area contributed by atoms with Crippen LogP contribution in [0.4, 0.5) is 0 Å². The Morgan fingerprint density at radius 1 is 1.28 bits per heavy atom. The zero-order chi connectivity index (χ0) is 17.4. The minimum absolute atomic E-state index is 0.00241. The van der Waals surface area contributed by atoms with Crippen molar-refractivity contribution in [3.63, 3.8) is 0 Å². The minimum Gasteiger partial charge on any atom is -0.489 e. The van der Waals surface area contributed by atoms with E-state index in [2.05, 4.69) is 22.6 Å². The molecule has 4 rings (SSSR count). The van der Waals surface area contributed by atoms with Crippen LogP contribution in [0.1, 0.15) is 23.7 Å². The summed E-state index contributed by atoms with van der Waals surface area (Å²) in [7, 11) is 3.78. The average Bonchev–Trinajstić information content (AvgIpc) is 3.16. The van der Waals surface area contributed by atoms with Gasteiger partial charge in [-0.25, -0.2) is 0 Å². The molecule has 0 bridgehead atoms. The first-order valence-electron chi connectivity index (χ1n) is 8.51. The van der Waals surface area contributed by atoms with E-state index >= 15 is 0 Å². The van der Waals surface area contributed by atoms with Gasteiger partial charge in [0.1, 0.15) is 12.4 Å². The van der Waals surface area contributed by atoms with Crippen molar-refractivity contribution in [3.05, 3.63) is 53.4 Å². The number of likely N-dealkylation sites (tertiary alicyclic amines) is 1. The van der Waals surface area contributed by atoms with E-state index in [4.69, 9.17) is 4.74 Å². The molecule has 6 heteroatoms. The number of nitrogens with one attached hydrogen (secondary N) is 1. The molecule has 0 aliphatic carbocycles. The number of hydrogen-bond acceptors (Lipinski definition) is 4. The lowest BCUT2D eigenvalue weighted by atomic mass is 10.0. The molecule has 0 spiro atoms. The fraction of sp³-hybridized carbons (Fsp3) is 0.368. The third-order valence-electron chi connectivity index (χ3n) is 5.03. The van der Waals surface area contributed by atoms with Crippen molar-refractivity contribution in [1.29, 1.82) is 0 Å². The van der Waals surface area contributed by atoms with Gasteiger partial charge in [-0.05, 0) is 23.8 Å². The molecule has 1 aromatic carbocycles. The second-order valence-electron chi connectivity index (χ2n) is 6.65. The van der Waals surface area contributed by atoms with Crippen LogP contribution in [-0.4, -0.2) is 46.8 Å². The molecule has 2 atom stereocenters. The molecule has 2 aliphatic heterocycles. The molecule has 3 heterocycles. The number of likely N-dealkylation sites (N-methyl/N-ethyl adjacent to an activating group) is 1. The van der Waals surface area contributed by atoms with E-state index in [1.54, 1.807) is 6.20 Å². The number of aromatic nitrogens is 2. The van der Waals surface area contributed by atoms with Crippen molar-refractivity contribution in [2.75, 3.05) is 20.2 Å². The first-order chi connectivity index (χ1) is 12.1. The Morgan fingerprint density at radius 3 is 2.92 bits per heavy atom. The van der Waals surface area contributed by atoms with Crippen LogP contribution in [-0.2, 0) is 11.8 Å². The third kappa shape index (κ3) is 2.93. The van der Waals surface area contributed by atoms with Gasteiger partial charge in [0.2, 0.25) is 5.91 Å². The van der Waals surface area contributed by atoms with E-state index < -0.39 is 0 Å². The first-order valence-corrected chi connectivity index (χ1v) is 8.51. The molecule has 0 unspecified atom stereocenters. The fourth-order valence-electron chi connectivity index (χ4n) is 3.66. The number of nitrogens with zero attached hydrogens (tertiary/aromatic N) is 3. The summed E-state index contributed by atoms with van der Waals surface area (Å²) in [6.07, 6.45) is 4.44. The number of benzene rings is 1. The van der Waals surface area contributed by atoms with Gasteiger partial charge in [-0.1, -0.05) is 18.2 Å². The van der Waals surface area contributed by atoms with E-state index in [1.165, 1.54) is 5.57 Å². The normalized spacial score (nSPS) is 22.6. The zero-order valence-electron chi connectivity index (χ0n) is 14.5. The number of carbonyl (C=O) groups excluding carboxylic acids is 1. The number of aryl methyl sites for hydroxylation is 1. The van der Waals surface area contributed by atoms with E-state index in [-0.39, 0.29) is 18.0 Å². The Hall–Kier alpha value is -2.60. The molecule has 25 heavy (non-hydrogen) atoms. The van der Waals surface area contributed by atoms with Crippen molar-refractivity contribution in [3.8, 4) is 5.75 Å². The summed E-state index contributed by atoms with van der Waals surface area (Å²) >= 11 is 0. The third-order valence-corrected chi connectivity index (χ3v) is 5.03. The SMILES string of the molecule is CN1C(=O)C[C@@H](NCC2=Cc3ccccc3OC2)[C@@H]1c1ccnn1C. The summed E-state index contributed by atoms with van der Waals surface area (Å²) in [4.78, 5) is 14.0. The maximum Gasteiger partial charge on any atom is 0.224 e. The van der Waals surface area contributed by atoms with E-state index in [9.17, 15) is 4.79 Å². The highest BCUT2D eigenvalue weighted by Crippen LogP contribution is 2.32. The summed E-state index contributed by atoms with van der Waals surface area (Å²) < 4.78 is 7.65. The Bertz CT molecular complexity index is 826. The highest BCUT2D eigenvalue weighted by Gasteiger charge is 2.39. The highest BCUT2D eigenvalue weighted by molar-refractivity contribution is 5.80. The average molecular weight is 338 g/mol. The predicted octanol–water partition coefficient (Wildman–Crippen LogP) is 1.76. The Kier molecular flexibility index (Phi) is 4.05. The second kappa shape index (κ2) is 6.37. The number of fused-ring (bicyclic) bond motifs is 1. The van der Waals surface area contributed by atoms with Crippen LogP contribution in [0.3, 0.4) is 0 Å². The number of hydrogen-bond donors (Lipinski definition) is 1. The van der Waals surface area contributed by atoms with Gasteiger partial charge in [0, 0.05) is 44.9 Å². The van der Waals surface area contributed by atoms with E-state index in [0.717, 1.165) is 17.0 Å². The minimum atomic E-state index is -0.00241. The number of para-hydroxylation sites is 1. The summed E-state index contributed by atoms with van der Waals surface area (Å²) in [5.41, 5.74) is 3.34. The Morgan fingerprint density at radius 2 is 2.12 bits per heavy atom. The Balaban J connectivity index is 1.50. The summed E-state index contributed by atoms with van der Waals surface area (Å²) in [5.74, 6) is 1.08. The van der Waals surface area contributed by atoms with Crippen molar-refractivity contribution < 1.29 is 9.53 Å². The van der Waals surface area contributed by atoms with Crippen LogP contribution in [0.5, 0.6) is 5.75 Å². The number of ether oxygens (including phenoxy) is 1. The van der Waals surface area contributed by atoms with Crippen molar-refractivity contribution in [2.45, 2.75) is 18.5 Å². The highest BCUT2D eigenvalue weighted by atomic mass is 16.5. The smallest absolute Gasteiger partial charge is 0.224 e. The molecule has 0 saturated carbocycles. The maximum absolute atomic E-state index is 12.2. The molecule has 1 aromatic heterocycles. The van der Waals surface area contributed by atoms with E-state index in [1.807, 2.05) is 47.9 Å². The van der Waals surface area contributed by atoms with Crippen molar-refractivity contribution >= 4 is 12.0 Å². The molecule has 130 valence electrons. The summed E-state index contributed by atoms with van der Waals surface area (Å²) in [6.45, 7) is 1.28. The van der Waals surface area contributed by atoms with Gasteiger partial charge in [-0.2, -0.15) is 5.10 Å². The standard InChI is InChI=1S/C19H22N4O2/c1-22-18(24)10-15(19(22)16-7-8-21-23(16)2)20-11-13-9-14-5-3-4-6-17(14)25-12-13/h3-9,15,19-20H,10-12H2,1-2H3/t15-,19-/m1/s1. The monoisotopic (exact) mass is 338 g/mol. The number of amides is 1. The summed E-state index contributed by atoms with van der Waals surface area (Å²) in [5, 5.41) is 7.81. The van der Waals surface area contributed by atoms with Crippen LogP contribution < -0.4 is 10.1 Å². The quantitative estimate of drug-likeness (QED) is 0.923. The molecule has 2 aliphatic rings. The topological polar surface area (TPSA) is 59.4 Å². The predicted molar refractivity (Wildman–Crippen MR) is 95.0 cm³/mol. The molecule has 6 nitrogen and oxygen atoms in total.